The van der Waals surface area contributed by atoms with Gasteiger partial charge in [-0.2, -0.15) is 0 Å². The summed E-state index contributed by atoms with van der Waals surface area (Å²) in [5.74, 6) is 1.31. The lowest BCUT2D eigenvalue weighted by Gasteiger charge is -2.06. The Morgan fingerprint density at radius 3 is 2.94 bits per heavy atom. The summed E-state index contributed by atoms with van der Waals surface area (Å²) in [6, 6.07) is 9.55. The maximum absolute atomic E-state index is 5.69. The van der Waals surface area contributed by atoms with Crippen molar-refractivity contribution >= 4 is 5.65 Å². The van der Waals surface area contributed by atoms with Crippen molar-refractivity contribution in [2.75, 3.05) is 0 Å². The first kappa shape index (κ1) is 9.77. The number of aromatic nitrogens is 4. The van der Waals surface area contributed by atoms with Crippen LogP contribution in [0.4, 0.5) is 0 Å². The summed E-state index contributed by atoms with van der Waals surface area (Å²) in [6.07, 6.45) is 3.23. The van der Waals surface area contributed by atoms with E-state index in [0.717, 1.165) is 11.3 Å². The van der Waals surface area contributed by atoms with Gasteiger partial charge in [-0.3, -0.25) is 4.40 Å². The molecule has 84 valence electrons. The number of benzene rings is 1. The topological polar surface area (TPSA) is 52.3 Å². The van der Waals surface area contributed by atoms with Crippen LogP contribution < -0.4 is 4.74 Å². The van der Waals surface area contributed by atoms with Crippen LogP contribution >= 0.6 is 0 Å². The van der Waals surface area contributed by atoms with Gasteiger partial charge in [0.05, 0.1) is 0 Å². The van der Waals surface area contributed by atoms with Gasteiger partial charge in [-0.25, -0.2) is 4.98 Å². The number of ether oxygens (including phenoxy) is 1. The van der Waals surface area contributed by atoms with Gasteiger partial charge in [0, 0.05) is 6.07 Å². The third-order valence-corrected chi connectivity index (χ3v) is 2.47. The summed E-state index contributed by atoms with van der Waals surface area (Å²) in [7, 11) is 0. The Hall–Kier alpha value is -2.43. The normalized spacial score (nSPS) is 10.6. The average molecular weight is 226 g/mol. The fourth-order valence-electron chi connectivity index (χ4n) is 1.55. The molecule has 0 aliphatic carbocycles. The molecule has 0 saturated heterocycles. The fraction of sp³-hybridized carbons (Fsp3) is 0.0833. The number of rotatable bonds is 2. The van der Waals surface area contributed by atoms with Crippen LogP contribution in [0.1, 0.15) is 5.56 Å². The number of aryl methyl sites for hydroxylation is 1. The zero-order valence-corrected chi connectivity index (χ0v) is 9.24. The molecule has 5 heteroatoms. The van der Waals surface area contributed by atoms with Crippen LogP contribution in [0.25, 0.3) is 5.65 Å². The molecule has 2 aromatic heterocycles. The van der Waals surface area contributed by atoms with Gasteiger partial charge in [0.15, 0.2) is 5.65 Å². The number of para-hydroxylation sites is 1. The largest absolute Gasteiger partial charge is 0.439 e. The molecule has 0 aliphatic heterocycles. The van der Waals surface area contributed by atoms with E-state index in [0.29, 0.717) is 11.5 Å². The number of nitrogens with zero attached hydrogens (tertiary/aromatic N) is 4. The molecule has 0 N–H and O–H groups in total. The molecule has 5 nitrogen and oxygen atoms in total. The second-order valence-electron chi connectivity index (χ2n) is 3.69. The summed E-state index contributed by atoms with van der Waals surface area (Å²) < 4.78 is 7.42. The molecule has 3 aromatic rings. The SMILES string of the molecule is Cc1ccccc1Oc1cc2nncn2cn1. The summed E-state index contributed by atoms with van der Waals surface area (Å²) in [5.41, 5.74) is 1.78. The van der Waals surface area contributed by atoms with Gasteiger partial charge in [-0.05, 0) is 18.6 Å². The molecular weight excluding hydrogens is 216 g/mol. The maximum atomic E-state index is 5.69. The van der Waals surface area contributed by atoms with Gasteiger partial charge in [0.1, 0.15) is 18.4 Å². The van der Waals surface area contributed by atoms with Crippen molar-refractivity contribution in [1.29, 1.82) is 0 Å². The second kappa shape index (κ2) is 3.86. The molecule has 0 radical (unpaired) electrons. The molecule has 0 unspecified atom stereocenters. The maximum Gasteiger partial charge on any atom is 0.224 e. The van der Waals surface area contributed by atoms with E-state index in [1.807, 2.05) is 31.2 Å². The first-order chi connectivity index (χ1) is 8.33. The number of hydrogen-bond acceptors (Lipinski definition) is 4. The van der Waals surface area contributed by atoms with Crippen molar-refractivity contribution in [3.05, 3.63) is 48.5 Å². The van der Waals surface area contributed by atoms with Crippen LogP contribution in [-0.4, -0.2) is 19.6 Å². The lowest BCUT2D eigenvalue weighted by Crippen LogP contribution is -1.92. The van der Waals surface area contributed by atoms with E-state index in [2.05, 4.69) is 15.2 Å². The van der Waals surface area contributed by atoms with E-state index in [4.69, 9.17) is 4.74 Å². The van der Waals surface area contributed by atoms with Crippen LogP contribution in [0, 0.1) is 6.92 Å². The van der Waals surface area contributed by atoms with Gasteiger partial charge < -0.3 is 4.74 Å². The molecule has 2 heterocycles. The Labute approximate surface area is 97.7 Å². The average Bonchev–Trinajstić information content (AvgIpc) is 2.79. The van der Waals surface area contributed by atoms with E-state index < -0.39 is 0 Å². The molecule has 3 rings (SSSR count). The molecular formula is C12H10N4O. The summed E-state index contributed by atoms with van der Waals surface area (Å²) in [4.78, 5) is 4.18. The van der Waals surface area contributed by atoms with Gasteiger partial charge in [0.2, 0.25) is 5.88 Å². The zero-order valence-electron chi connectivity index (χ0n) is 9.24. The van der Waals surface area contributed by atoms with E-state index >= 15 is 0 Å². The summed E-state index contributed by atoms with van der Waals surface area (Å²) >= 11 is 0. The summed E-state index contributed by atoms with van der Waals surface area (Å²) in [5, 5.41) is 7.72. The number of fused-ring (bicyclic) bond motifs is 1. The fourth-order valence-corrected chi connectivity index (χ4v) is 1.55. The highest BCUT2D eigenvalue weighted by atomic mass is 16.5. The quantitative estimate of drug-likeness (QED) is 0.672. The van der Waals surface area contributed by atoms with Crippen molar-refractivity contribution in [1.82, 2.24) is 19.6 Å². The van der Waals surface area contributed by atoms with E-state index in [1.165, 1.54) is 0 Å². The van der Waals surface area contributed by atoms with E-state index in [-0.39, 0.29) is 0 Å². The molecule has 0 aliphatic rings. The van der Waals surface area contributed by atoms with Crippen molar-refractivity contribution < 1.29 is 4.74 Å². The van der Waals surface area contributed by atoms with Crippen LogP contribution in [0.2, 0.25) is 0 Å². The molecule has 0 fully saturated rings. The highest BCUT2D eigenvalue weighted by molar-refractivity contribution is 5.41. The van der Waals surface area contributed by atoms with Crippen LogP contribution in [0.5, 0.6) is 11.6 Å². The van der Waals surface area contributed by atoms with Crippen LogP contribution in [0.3, 0.4) is 0 Å². The monoisotopic (exact) mass is 226 g/mol. The first-order valence-corrected chi connectivity index (χ1v) is 5.22. The first-order valence-electron chi connectivity index (χ1n) is 5.22. The third kappa shape index (κ3) is 1.82. The molecule has 0 atom stereocenters. The molecule has 0 bridgehead atoms. The minimum Gasteiger partial charge on any atom is -0.439 e. The van der Waals surface area contributed by atoms with E-state index in [9.17, 15) is 0 Å². The Morgan fingerprint density at radius 1 is 1.18 bits per heavy atom. The standard InChI is InChI=1S/C12H10N4O/c1-9-4-2-3-5-10(9)17-12-6-11-15-14-8-16(11)7-13-12/h2-8H,1H3. The van der Waals surface area contributed by atoms with Crippen molar-refractivity contribution in [3.8, 4) is 11.6 Å². The van der Waals surface area contributed by atoms with Crippen molar-refractivity contribution in [3.63, 3.8) is 0 Å². The van der Waals surface area contributed by atoms with Gasteiger partial charge >= 0.3 is 0 Å². The Bertz CT molecular complexity index is 662. The predicted octanol–water partition coefficient (Wildman–Crippen LogP) is 2.23. The Morgan fingerprint density at radius 2 is 2.06 bits per heavy atom. The highest BCUT2D eigenvalue weighted by Crippen LogP contribution is 2.23. The van der Waals surface area contributed by atoms with Crippen LogP contribution in [0.15, 0.2) is 43.0 Å². The van der Waals surface area contributed by atoms with Gasteiger partial charge in [-0.1, -0.05) is 18.2 Å². The second-order valence-corrected chi connectivity index (χ2v) is 3.69. The Balaban J connectivity index is 1.97. The molecule has 0 spiro atoms. The summed E-state index contributed by atoms with van der Waals surface area (Å²) in [6.45, 7) is 1.99. The Kier molecular flexibility index (Phi) is 2.22. The third-order valence-electron chi connectivity index (χ3n) is 2.47. The molecule has 0 amide bonds. The van der Waals surface area contributed by atoms with E-state index in [1.54, 1.807) is 23.1 Å². The smallest absolute Gasteiger partial charge is 0.224 e. The highest BCUT2D eigenvalue weighted by Gasteiger charge is 2.03. The predicted molar refractivity (Wildman–Crippen MR) is 62.0 cm³/mol. The van der Waals surface area contributed by atoms with Crippen molar-refractivity contribution in [2.45, 2.75) is 6.92 Å². The zero-order chi connectivity index (χ0) is 11.7. The minimum atomic E-state index is 0.514. The molecule has 17 heavy (non-hydrogen) atoms. The van der Waals surface area contributed by atoms with Crippen LogP contribution in [-0.2, 0) is 0 Å². The molecule has 0 saturated carbocycles. The lowest BCUT2D eigenvalue weighted by atomic mass is 10.2. The van der Waals surface area contributed by atoms with Gasteiger partial charge in [0.25, 0.3) is 0 Å². The lowest BCUT2D eigenvalue weighted by molar-refractivity contribution is 0.458. The van der Waals surface area contributed by atoms with Gasteiger partial charge in [-0.15, -0.1) is 10.2 Å². The van der Waals surface area contributed by atoms with Crippen molar-refractivity contribution in [2.24, 2.45) is 0 Å². The molecule has 1 aromatic carbocycles. The minimum absolute atomic E-state index is 0.514. The number of hydrogen-bond donors (Lipinski definition) is 0.